The van der Waals surface area contributed by atoms with Crippen LogP contribution in [-0.2, 0) is 9.59 Å². The molecule has 1 aliphatic heterocycles. The minimum atomic E-state index is -0.476. The van der Waals surface area contributed by atoms with E-state index in [1.165, 1.54) is 16.7 Å². The van der Waals surface area contributed by atoms with Crippen LogP contribution in [-0.4, -0.2) is 34.2 Å². The molecule has 1 aliphatic rings. The van der Waals surface area contributed by atoms with Gasteiger partial charge >= 0.3 is 0 Å². The van der Waals surface area contributed by atoms with Gasteiger partial charge in [0.05, 0.1) is 18.2 Å². The van der Waals surface area contributed by atoms with Gasteiger partial charge in [0.1, 0.15) is 0 Å². The molecule has 1 fully saturated rings. The van der Waals surface area contributed by atoms with E-state index in [1.807, 2.05) is 0 Å². The zero-order chi connectivity index (χ0) is 7.56. The van der Waals surface area contributed by atoms with Crippen molar-refractivity contribution < 1.29 is 9.59 Å². The number of hydrogen-bond donors (Lipinski definition) is 0. The summed E-state index contributed by atoms with van der Waals surface area (Å²) >= 11 is 6.58. The molecule has 0 N–H and O–H groups in total. The van der Waals surface area contributed by atoms with Crippen LogP contribution >= 0.6 is 23.4 Å². The molecule has 0 bridgehead atoms. The number of thioether (sulfide) groups is 1. The first-order chi connectivity index (χ1) is 4.70. The Labute approximate surface area is 67.7 Å². The highest BCUT2D eigenvalue weighted by atomic mass is 35.5. The van der Waals surface area contributed by atoms with E-state index >= 15 is 0 Å². The maximum atomic E-state index is 10.8. The molecule has 0 saturated carbocycles. The van der Waals surface area contributed by atoms with Crippen molar-refractivity contribution in [2.45, 2.75) is 0 Å². The summed E-state index contributed by atoms with van der Waals surface area (Å²) in [4.78, 5) is 22.6. The van der Waals surface area contributed by atoms with Crippen molar-refractivity contribution in [3.63, 3.8) is 0 Å². The van der Waals surface area contributed by atoms with Gasteiger partial charge in [-0.15, -0.1) is 11.8 Å². The predicted octanol–water partition coefficient (Wildman–Crippen LogP) is 0.285. The lowest BCUT2D eigenvalue weighted by atomic mass is 10.5. The summed E-state index contributed by atoms with van der Waals surface area (Å²) in [5.41, 5.74) is 0. The van der Waals surface area contributed by atoms with Crippen molar-refractivity contribution in [3.05, 3.63) is 0 Å². The van der Waals surface area contributed by atoms with Gasteiger partial charge in [0.15, 0.2) is 0 Å². The van der Waals surface area contributed by atoms with Crippen LogP contribution in [0.15, 0.2) is 0 Å². The van der Waals surface area contributed by atoms with Crippen LogP contribution in [0, 0.1) is 0 Å². The van der Waals surface area contributed by atoms with Crippen molar-refractivity contribution in [3.8, 4) is 0 Å². The molecule has 0 spiro atoms. The van der Waals surface area contributed by atoms with E-state index in [9.17, 15) is 9.59 Å². The Morgan fingerprint density at radius 1 is 1.80 bits per heavy atom. The topological polar surface area (TPSA) is 37.4 Å². The first-order valence-corrected chi connectivity index (χ1v) is 4.27. The van der Waals surface area contributed by atoms with Gasteiger partial charge in [0, 0.05) is 0 Å². The molecule has 0 aromatic rings. The summed E-state index contributed by atoms with van der Waals surface area (Å²) in [6, 6.07) is 0. The molecule has 0 aliphatic carbocycles. The summed E-state index contributed by atoms with van der Waals surface area (Å²) in [5.74, 6) is 1.07. The van der Waals surface area contributed by atoms with Crippen molar-refractivity contribution in [1.82, 2.24) is 4.90 Å². The molecule has 56 valence electrons. The molecular weight excluding hydrogens is 174 g/mol. The van der Waals surface area contributed by atoms with E-state index in [4.69, 9.17) is 11.6 Å². The highest BCUT2D eigenvalue weighted by molar-refractivity contribution is 8.00. The second-order valence-corrected chi connectivity index (χ2v) is 3.30. The fourth-order valence-corrected chi connectivity index (χ4v) is 1.74. The first kappa shape index (κ1) is 7.88. The zero-order valence-corrected chi connectivity index (χ0v) is 6.74. The molecule has 3 nitrogen and oxygen atoms in total. The lowest BCUT2D eigenvalue weighted by Gasteiger charge is -2.09. The second kappa shape index (κ2) is 3.25. The minimum absolute atomic E-state index is 0.000926. The minimum Gasteiger partial charge on any atom is -0.324 e. The van der Waals surface area contributed by atoms with Crippen LogP contribution in [0.2, 0.25) is 0 Å². The Hall–Kier alpha value is -0.220. The van der Waals surface area contributed by atoms with Crippen molar-refractivity contribution in [1.29, 1.82) is 0 Å². The maximum Gasteiger partial charge on any atom is 0.241 e. The van der Waals surface area contributed by atoms with Crippen molar-refractivity contribution >= 4 is 34.5 Å². The largest absolute Gasteiger partial charge is 0.324 e. The summed E-state index contributed by atoms with van der Waals surface area (Å²) in [5, 5.41) is -0.476. The maximum absolute atomic E-state index is 10.8. The fraction of sp³-hybridized carbons (Fsp3) is 0.600. The van der Waals surface area contributed by atoms with Gasteiger partial charge in [0.2, 0.25) is 11.1 Å². The Bertz CT molecular complexity index is 173. The Balaban J connectivity index is 2.40. The SMILES string of the molecule is O=C(Cl)CN1CSCC1=O. The van der Waals surface area contributed by atoms with Gasteiger partial charge in [-0.3, -0.25) is 9.59 Å². The molecule has 1 amide bonds. The quantitative estimate of drug-likeness (QED) is 0.572. The molecule has 0 atom stereocenters. The van der Waals surface area contributed by atoms with Gasteiger partial charge in [-0.1, -0.05) is 0 Å². The smallest absolute Gasteiger partial charge is 0.241 e. The number of carbonyl (C=O) groups excluding carboxylic acids is 2. The van der Waals surface area contributed by atoms with E-state index in [1.54, 1.807) is 0 Å². The number of amides is 1. The molecule has 0 aromatic heterocycles. The molecular formula is C5H6ClNO2S. The van der Waals surface area contributed by atoms with E-state index in [0.717, 1.165) is 0 Å². The third-order valence-electron chi connectivity index (χ3n) is 1.14. The Morgan fingerprint density at radius 2 is 2.50 bits per heavy atom. The van der Waals surface area contributed by atoms with E-state index < -0.39 is 5.24 Å². The average molecular weight is 180 g/mol. The third-order valence-corrected chi connectivity index (χ3v) is 2.21. The number of halogens is 1. The predicted molar refractivity (Wildman–Crippen MR) is 39.9 cm³/mol. The molecule has 1 rings (SSSR count). The highest BCUT2D eigenvalue weighted by Gasteiger charge is 2.21. The normalized spacial score (nSPS) is 18.1. The molecule has 0 aromatic carbocycles. The lowest BCUT2D eigenvalue weighted by Crippen LogP contribution is -2.29. The second-order valence-electron chi connectivity index (χ2n) is 1.92. The highest BCUT2D eigenvalue weighted by Crippen LogP contribution is 2.14. The van der Waals surface area contributed by atoms with Crippen LogP contribution in [0.3, 0.4) is 0 Å². The summed E-state index contributed by atoms with van der Waals surface area (Å²) < 4.78 is 0. The third kappa shape index (κ3) is 1.88. The molecule has 10 heavy (non-hydrogen) atoms. The van der Waals surface area contributed by atoms with Gasteiger partial charge in [-0.05, 0) is 11.6 Å². The first-order valence-electron chi connectivity index (χ1n) is 2.74. The van der Waals surface area contributed by atoms with Crippen LogP contribution in [0.4, 0.5) is 0 Å². The zero-order valence-electron chi connectivity index (χ0n) is 5.17. The summed E-state index contributed by atoms with van der Waals surface area (Å²) in [6.07, 6.45) is 0. The van der Waals surface area contributed by atoms with Gasteiger partial charge < -0.3 is 4.90 Å². The lowest BCUT2D eigenvalue weighted by molar-refractivity contribution is -0.129. The molecule has 5 heteroatoms. The molecule has 0 radical (unpaired) electrons. The van der Waals surface area contributed by atoms with E-state index in [-0.39, 0.29) is 12.5 Å². The summed E-state index contributed by atoms with van der Waals surface area (Å²) in [7, 11) is 0. The van der Waals surface area contributed by atoms with Crippen LogP contribution < -0.4 is 0 Å². The number of nitrogens with zero attached hydrogens (tertiary/aromatic N) is 1. The van der Waals surface area contributed by atoms with Crippen LogP contribution in [0.25, 0.3) is 0 Å². The number of carbonyl (C=O) groups is 2. The van der Waals surface area contributed by atoms with Crippen LogP contribution in [0.1, 0.15) is 0 Å². The monoisotopic (exact) mass is 179 g/mol. The Kier molecular flexibility index (Phi) is 2.56. The fourth-order valence-electron chi connectivity index (χ4n) is 0.690. The standard InChI is InChI=1S/C5H6ClNO2S/c6-4(8)1-7-3-10-2-5(7)9/h1-3H2. The van der Waals surface area contributed by atoms with Gasteiger partial charge in [-0.2, -0.15) is 0 Å². The van der Waals surface area contributed by atoms with Crippen molar-refractivity contribution in [2.75, 3.05) is 18.2 Å². The molecule has 1 saturated heterocycles. The Morgan fingerprint density at radius 3 is 2.90 bits per heavy atom. The van der Waals surface area contributed by atoms with E-state index in [2.05, 4.69) is 0 Å². The van der Waals surface area contributed by atoms with Crippen LogP contribution in [0.5, 0.6) is 0 Å². The van der Waals surface area contributed by atoms with Gasteiger partial charge in [0.25, 0.3) is 0 Å². The average Bonchev–Trinajstić information content (AvgIpc) is 2.15. The number of hydrogen-bond acceptors (Lipinski definition) is 3. The number of rotatable bonds is 2. The summed E-state index contributed by atoms with van der Waals surface area (Å²) in [6.45, 7) is 0.0490. The molecule has 1 heterocycles. The van der Waals surface area contributed by atoms with E-state index in [0.29, 0.717) is 11.6 Å². The van der Waals surface area contributed by atoms with Crippen molar-refractivity contribution in [2.24, 2.45) is 0 Å². The molecule has 0 unspecified atom stereocenters. The van der Waals surface area contributed by atoms with Gasteiger partial charge in [-0.25, -0.2) is 0 Å².